The highest BCUT2D eigenvalue weighted by Crippen LogP contribution is 2.28. The summed E-state index contributed by atoms with van der Waals surface area (Å²) in [6.07, 6.45) is 3.70. The summed E-state index contributed by atoms with van der Waals surface area (Å²) < 4.78 is 7.88. The summed E-state index contributed by atoms with van der Waals surface area (Å²) >= 11 is 0. The maximum atomic E-state index is 6.02. The van der Waals surface area contributed by atoms with E-state index < -0.39 is 0 Å². The van der Waals surface area contributed by atoms with E-state index in [9.17, 15) is 0 Å². The van der Waals surface area contributed by atoms with Crippen LogP contribution >= 0.6 is 12.4 Å². The van der Waals surface area contributed by atoms with Crippen molar-refractivity contribution >= 4 is 29.7 Å². The van der Waals surface area contributed by atoms with Gasteiger partial charge in [-0.3, -0.25) is 0 Å². The first-order valence-corrected chi connectivity index (χ1v) is 9.02. The van der Waals surface area contributed by atoms with E-state index in [2.05, 4.69) is 15.3 Å². The van der Waals surface area contributed by atoms with Gasteiger partial charge < -0.3 is 30.0 Å². The van der Waals surface area contributed by atoms with E-state index in [4.69, 9.17) is 25.6 Å². The van der Waals surface area contributed by atoms with E-state index >= 15 is 0 Å². The minimum absolute atomic E-state index is 0. The second kappa shape index (κ2) is 9.23. The molecule has 10 heteroatoms. The monoisotopic (exact) mass is 440 g/mol. The number of fused-ring (bicyclic) bond motifs is 1. The van der Waals surface area contributed by atoms with Gasteiger partial charge in [-0.25, -0.2) is 4.98 Å². The molecule has 4 rings (SSSR count). The van der Waals surface area contributed by atoms with E-state index in [1.165, 1.54) is 14.2 Å². The minimum Gasteiger partial charge on any atom is -0.454 e. The van der Waals surface area contributed by atoms with Crippen molar-refractivity contribution in [2.24, 2.45) is 21.8 Å². The molecule has 0 amide bonds. The Balaban J connectivity index is 0.00000272. The smallest absolute Gasteiger partial charge is 0.171 e. The molecule has 0 radical (unpaired) electrons. The molecule has 0 aliphatic rings. The van der Waals surface area contributed by atoms with Crippen LogP contribution in [0, 0.1) is 0 Å². The molecule has 0 unspecified atom stereocenters. The lowest BCUT2D eigenvalue weighted by Gasteiger charge is -2.01. The molecule has 3 heterocycles. The summed E-state index contributed by atoms with van der Waals surface area (Å²) in [4.78, 5) is 14.0. The van der Waals surface area contributed by atoms with Crippen LogP contribution < -0.4 is 11.5 Å². The Morgan fingerprint density at radius 1 is 0.839 bits per heavy atom. The van der Waals surface area contributed by atoms with Crippen molar-refractivity contribution in [2.45, 2.75) is 0 Å². The molecule has 1 aromatic carbocycles. The molecule has 0 saturated heterocycles. The predicted octanol–water partition coefficient (Wildman–Crippen LogP) is 3.22. The molecule has 0 aliphatic heterocycles. The fraction of sp³-hybridized carbons (Fsp3) is 0.0952. The van der Waals surface area contributed by atoms with E-state index in [1.54, 1.807) is 0 Å². The number of hydrogen-bond donors (Lipinski definition) is 2. The topological polar surface area (TPSA) is 126 Å². The summed E-state index contributed by atoms with van der Waals surface area (Å²) in [5.74, 6) is 1.96. The van der Waals surface area contributed by atoms with Crippen molar-refractivity contribution < 1.29 is 14.1 Å². The first-order chi connectivity index (χ1) is 14.6. The molecule has 0 aliphatic carbocycles. The minimum atomic E-state index is 0. The third-order valence-corrected chi connectivity index (χ3v) is 4.45. The van der Waals surface area contributed by atoms with Gasteiger partial charge in [0.2, 0.25) is 0 Å². The van der Waals surface area contributed by atoms with E-state index in [1.807, 2.05) is 65.3 Å². The van der Waals surface area contributed by atoms with Crippen molar-refractivity contribution in [3.63, 3.8) is 0 Å². The lowest BCUT2D eigenvalue weighted by molar-refractivity contribution is 0.213. The average Bonchev–Trinajstić information content (AvgIpc) is 3.41. The van der Waals surface area contributed by atoms with Crippen LogP contribution in [0.1, 0.15) is 11.1 Å². The van der Waals surface area contributed by atoms with E-state index in [0.29, 0.717) is 23.1 Å². The van der Waals surface area contributed by atoms with Crippen LogP contribution in [-0.2, 0) is 9.68 Å². The van der Waals surface area contributed by atoms with E-state index in [-0.39, 0.29) is 18.2 Å². The van der Waals surface area contributed by atoms with Gasteiger partial charge in [-0.1, -0.05) is 34.6 Å². The molecule has 0 atom stereocenters. The average molecular weight is 441 g/mol. The number of oxime groups is 2. The Morgan fingerprint density at radius 3 is 2.13 bits per heavy atom. The first-order valence-electron chi connectivity index (χ1n) is 9.02. The number of furan rings is 1. The highest BCUT2D eigenvalue weighted by atomic mass is 35.5. The van der Waals surface area contributed by atoms with Crippen LogP contribution in [0.25, 0.3) is 28.4 Å². The van der Waals surface area contributed by atoms with Gasteiger partial charge in [-0.15, -0.1) is 12.4 Å². The molecule has 4 aromatic rings. The van der Waals surface area contributed by atoms with Crippen LogP contribution in [0.15, 0.2) is 75.7 Å². The van der Waals surface area contributed by atoms with Gasteiger partial charge >= 0.3 is 0 Å². The molecule has 31 heavy (non-hydrogen) atoms. The first kappa shape index (κ1) is 21.7. The van der Waals surface area contributed by atoms with Crippen LogP contribution in [0.3, 0.4) is 0 Å². The Bertz CT molecular complexity index is 1240. The van der Waals surface area contributed by atoms with Crippen LogP contribution in [0.5, 0.6) is 0 Å². The van der Waals surface area contributed by atoms with Gasteiger partial charge in [-0.05, 0) is 24.3 Å². The number of rotatable bonds is 6. The van der Waals surface area contributed by atoms with Crippen molar-refractivity contribution in [1.29, 1.82) is 0 Å². The lowest BCUT2D eigenvalue weighted by Crippen LogP contribution is -2.14. The van der Waals surface area contributed by atoms with Crippen molar-refractivity contribution in [3.8, 4) is 22.8 Å². The van der Waals surface area contributed by atoms with Crippen molar-refractivity contribution in [2.75, 3.05) is 14.2 Å². The quantitative estimate of drug-likeness (QED) is 0.269. The number of pyridine rings is 1. The highest BCUT2D eigenvalue weighted by Gasteiger charge is 2.12. The number of benzene rings is 1. The van der Waals surface area contributed by atoms with Gasteiger partial charge in [0.1, 0.15) is 31.3 Å². The van der Waals surface area contributed by atoms with Crippen LogP contribution in [0.4, 0.5) is 0 Å². The van der Waals surface area contributed by atoms with Crippen molar-refractivity contribution in [3.05, 3.63) is 72.1 Å². The standard InChI is InChI=1S/C21H20N6O3.ClH/c1-28-25-20(22)14-5-3-13(4-6-14)17-8-9-18(30-17)16-12-27-11-15(21(23)26-29-2)7-10-19(27)24-16;/h3-12H,1-2H3,(H2,22,25)(H2,23,26);1H. The third-order valence-electron chi connectivity index (χ3n) is 4.45. The number of amidine groups is 2. The summed E-state index contributed by atoms with van der Waals surface area (Å²) in [7, 11) is 2.90. The highest BCUT2D eigenvalue weighted by molar-refractivity contribution is 5.97. The Labute approximate surface area is 184 Å². The maximum absolute atomic E-state index is 6.02. The Morgan fingerprint density at radius 2 is 1.45 bits per heavy atom. The second-order valence-corrected chi connectivity index (χ2v) is 6.37. The molecule has 0 saturated carbocycles. The third kappa shape index (κ3) is 4.46. The number of aromatic nitrogens is 2. The molecule has 0 fully saturated rings. The molecule has 0 bridgehead atoms. The Hall–Kier alpha value is -3.98. The largest absolute Gasteiger partial charge is 0.454 e. The molecule has 4 N–H and O–H groups in total. The normalized spacial score (nSPS) is 11.9. The Kier molecular flexibility index (Phi) is 6.46. The molecule has 9 nitrogen and oxygen atoms in total. The van der Waals surface area contributed by atoms with E-state index in [0.717, 1.165) is 22.3 Å². The van der Waals surface area contributed by atoms with Gasteiger partial charge in [0.05, 0.1) is 0 Å². The molecule has 0 spiro atoms. The SMILES string of the molecule is CO/N=C(\N)c1ccc(-c2ccc(-c3cn4cc(/C(N)=N/OC)ccc4n3)o2)cc1.Cl. The zero-order valence-corrected chi connectivity index (χ0v) is 17.7. The molecular weight excluding hydrogens is 420 g/mol. The summed E-state index contributed by atoms with van der Waals surface area (Å²) in [5, 5.41) is 7.48. The summed E-state index contributed by atoms with van der Waals surface area (Å²) in [6.45, 7) is 0. The van der Waals surface area contributed by atoms with Gasteiger partial charge in [0.15, 0.2) is 17.4 Å². The second-order valence-electron chi connectivity index (χ2n) is 6.37. The van der Waals surface area contributed by atoms with Gasteiger partial charge in [0, 0.05) is 29.1 Å². The fourth-order valence-electron chi connectivity index (χ4n) is 3.00. The number of hydrogen-bond acceptors (Lipinski definition) is 6. The molecule has 160 valence electrons. The van der Waals surface area contributed by atoms with Crippen LogP contribution in [0.2, 0.25) is 0 Å². The summed E-state index contributed by atoms with van der Waals surface area (Å²) in [6, 6.07) is 15.0. The zero-order chi connectivity index (χ0) is 21.1. The maximum Gasteiger partial charge on any atom is 0.171 e. The number of imidazole rings is 1. The number of nitrogens with zero attached hydrogens (tertiary/aromatic N) is 4. The number of nitrogens with two attached hydrogens (primary N) is 2. The fourth-order valence-corrected chi connectivity index (χ4v) is 3.00. The molecule has 3 aromatic heterocycles. The van der Waals surface area contributed by atoms with Crippen molar-refractivity contribution in [1.82, 2.24) is 9.38 Å². The number of halogens is 1. The van der Waals surface area contributed by atoms with Gasteiger partial charge in [-0.2, -0.15) is 0 Å². The summed E-state index contributed by atoms with van der Waals surface area (Å²) in [5.41, 5.74) is 15.6. The predicted molar refractivity (Wildman–Crippen MR) is 121 cm³/mol. The van der Waals surface area contributed by atoms with Crippen LogP contribution in [-0.4, -0.2) is 35.3 Å². The van der Waals surface area contributed by atoms with Gasteiger partial charge in [0.25, 0.3) is 0 Å². The molecular formula is C21H21ClN6O3. The zero-order valence-electron chi connectivity index (χ0n) is 16.9. The lowest BCUT2D eigenvalue weighted by atomic mass is 10.1.